The summed E-state index contributed by atoms with van der Waals surface area (Å²) < 4.78 is 0. The minimum Gasteiger partial charge on any atom is -0.395 e. The third-order valence-corrected chi connectivity index (χ3v) is 3.68. The molecule has 1 fully saturated rings. The van der Waals surface area contributed by atoms with E-state index in [4.69, 9.17) is 5.11 Å². The van der Waals surface area contributed by atoms with Crippen LogP contribution >= 0.6 is 0 Å². The Balaban J connectivity index is 2.34. The minimum absolute atomic E-state index is 0.0963. The Morgan fingerprint density at radius 3 is 2.47 bits per heavy atom. The van der Waals surface area contributed by atoms with Crippen molar-refractivity contribution < 1.29 is 9.90 Å². The van der Waals surface area contributed by atoms with Crippen LogP contribution in [0.15, 0.2) is 0 Å². The van der Waals surface area contributed by atoms with E-state index in [1.807, 2.05) is 0 Å². The van der Waals surface area contributed by atoms with E-state index < -0.39 is 0 Å². The molecule has 0 bridgehead atoms. The van der Waals surface area contributed by atoms with Gasteiger partial charge in [0.05, 0.1) is 13.2 Å². The maximum absolute atomic E-state index is 11.9. The van der Waals surface area contributed by atoms with Gasteiger partial charge in [0.1, 0.15) is 0 Å². The first-order valence-electron chi connectivity index (χ1n) is 6.85. The number of aliphatic hydroxyl groups is 1. The lowest BCUT2D eigenvalue weighted by Crippen LogP contribution is -2.48. The van der Waals surface area contributed by atoms with E-state index in [2.05, 4.69) is 24.1 Å². The first kappa shape index (κ1) is 14.5. The fourth-order valence-corrected chi connectivity index (χ4v) is 2.22. The van der Waals surface area contributed by atoms with Crippen LogP contribution in [-0.2, 0) is 4.79 Å². The third kappa shape index (κ3) is 4.64. The second kappa shape index (κ2) is 7.67. The summed E-state index contributed by atoms with van der Waals surface area (Å²) in [6.07, 6.45) is 5.54. The number of rotatable bonds is 8. The number of aliphatic hydroxyl groups excluding tert-OH is 1. The van der Waals surface area contributed by atoms with Crippen molar-refractivity contribution in [3.8, 4) is 0 Å². The number of nitrogens with zero attached hydrogens (tertiary/aromatic N) is 1. The largest absolute Gasteiger partial charge is 0.395 e. The Morgan fingerprint density at radius 2 is 2.06 bits per heavy atom. The van der Waals surface area contributed by atoms with Gasteiger partial charge in [0, 0.05) is 18.6 Å². The summed E-state index contributed by atoms with van der Waals surface area (Å²) in [4.78, 5) is 14.0. The minimum atomic E-state index is 0.0963. The SMILES string of the molecule is CCC(CC)NC(=O)CN(CCO)C1CCC1. The van der Waals surface area contributed by atoms with Crippen molar-refractivity contribution in [1.29, 1.82) is 0 Å². The van der Waals surface area contributed by atoms with E-state index in [1.165, 1.54) is 6.42 Å². The summed E-state index contributed by atoms with van der Waals surface area (Å²) in [6, 6.07) is 0.800. The van der Waals surface area contributed by atoms with Crippen molar-refractivity contribution in [3.05, 3.63) is 0 Å². The first-order chi connectivity index (χ1) is 8.21. The van der Waals surface area contributed by atoms with Crippen molar-refractivity contribution in [2.24, 2.45) is 0 Å². The maximum Gasteiger partial charge on any atom is 0.234 e. The van der Waals surface area contributed by atoms with Gasteiger partial charge in [-0.3, -0.25) is 9.69 Å². The van der Waals surface area contributed by atoms with E-state index >= 15 is 0 Å². The number of carbonyl (C=O) groups excluding carboxylic acids is 1. The fraction of sp³-hybridized carbons (Fsp3) is 0.923. The molecule has 1 amide bonds. The lowest BCUT2D eigenvalue weighted by Gasteiger charge is -2.37. The number of amides is 1. The smallest absolute Gasteiger partial charge is 0.234 e. The molecule has 0 aromatic carbocycles. The number of hydrogen-bond donors (Lipinski definition) is 2. The molecule has 4 nitrogen and oxygen atoms in total. The summed E-state index contributed by atoms with van der Waals surface area (Å²) >= 11 is 0. The van der Waals surface area contributed by atoms with Crippen LogP contribution in [0, 0.1) is 0 Å². The van der Waals surface area contributed by atoms with Gasteiger partial charge in [0.15, 0.2) is 0 Å². The summed E-state index contributed by atoms with van der Waals surface area (Å²) in [5.74, 6) is 0.0963. The molecule has 1 rings (SSSR count). The molecule has 2 N–H and O–H groups in total. The predicted octanol–water partition coefficient (Wildman–Crippen LogP) is 1.14. The number of carbonyl (C=O) groups is 1. The van der Waals surface area contributed by atoms with Gasteiger partial charge in [-0.1, -0.05) is 20.3 Å². The molecule has 0 aromatic rings. The fourth-order valence-electron chi connectivity index (χ4n) is 2.22. The molecular weight excluding hydrogens is 216 g/mol. The van der Waals surface area contributed by atoms with Crippen LogP contribution in [0.3, 0.4) is 0 Å². The van der Waals surface area contributed by atoms with Crippen molar-refractivity contribution in [3.63, 3.8) is 0 Å². The standard InChI is InChI=1S/C13H26N2O2/c1-3-11(4-2)14-13(17)10-15(8-9-16)12-6-5-7-12/h11-12,16H,3-10H2,1-2H3,(H,14,17). The molecule has 0 spiro atoms. The van der Waals surface area contributed by atoms with Gasteiger partial charge in [0.25, 0.3) is 0 Å². The molecular formula is C13H26N2O2. The zero-order valence-corrected chi connectivity index (χ0v) is 11.1. The summed E-state index contributed by atoms with van der Waals surface area (Å²) in [7, 11) is 0. The molecule has 100 valence electrons. The number of hydrogen-bond acceptors (Lipinski definition) is 3. The molecule has 0 heterocycles. The number of nitrogens with one attached hydrogen (secondary N) is 1. The predicted molar refractivity (Wildman–Crippen MR) is 68.8 cm³/mol. The van der Waals surface area contributed by atoms with E-state index in [9.17, 15) is 4.79 Å². The van der Waals surface area contributed by atoms with Crippen molar-refractivity contribution >= 4 is 5.91 Å². The van der Waals surface area contributed by atoms with E-state index in [0.717, 1.165) is 25.7 Å². The summed E-state index contributed by atoms with van der Waals surface area (Å²) in [5.41, 5.74) is 0. The van der Waals surface area contributed by atoms with Crippen molar-refractivity contribution in [2.75, 3.05) is 19.7 Å². The Morgan fingerprint density at radius 1 is 1.41 bits per heavy atom. The van der Waals surface area contributed by atoms with Crippen LogP contribution in [0.25, 0.3) is 0 Å². The molecule has 0 atom stereocenters. The molecule has 4 heteroatoms. The zero-order valence-electron chi connectivity index (χ0n) is 11.1. The van der Waals surface area contributed by atoms with Gasteiger partial charge in [-0.05, 0) is 25.7 Å². The van der Waals surface area contributed by atoms with Crippen molar-refractivity contribution in [2.45, 2.75) is 58.0 Å². The average Bonchev–Trinajstić information content (AvgIpc) is 2.23. The Kier molecular flexibility index (Phi) is 6.52. The first-order valence-corrected chi connectivity index (χ1v) is 6.85. The topological polar surface area (TPSA) is 52.6 Å². The molecule has 1 saturated carbocycles. The quantitative estimate of drug-likeness (QED) is 0.671. The normalized spacial score (nSPS) is 16.3. The molecule has 0 radical (unpaired) electrons. The van der Waals surface area contributed by atoms with Crippen LogP contribution in [0.2, 0.25) is 0 Å². The molecule has 1 aliphatic rings. The van der Waals surface area contributed by atoms with Gasteiger partial charge in [-0.2, -0.15) is 0 Å². The van der Waals surface area contributed by atoms with Gasteiger partial charge in [0.2, 0.25) is 5.91 Å². The van der Waals surface area contributed by atoms with Crippen LogP contribution < -0.4 is 5.32 Å². The highest BCUT2D eigenvalue weighted by atomic mass is 16.3. The van der Waals surface area contributed by atoms with E-state index in [0.29, 0.717) is 25.2 Å². The van der Waals surface area contributed by atoms with Gasteiger partial charge in [-0.15, -0.1) is 0 Å². The molecule has 0 aromatic heterocycles. The molecule has 0 unspecified atom stereocenters. The molecule has 1 aliphatic carbocycles. The highest BCUT2D eigenvalue weighted by molar-refractivity contribution is 5.78. The lowest BCUT2D eigenvalue weighted by atomic mass is 9.91. The highest BCUT2D eigenvalue weighted by Gasteiger charge is 2.26. The molecule has 0 saturated heterocycles. The van der Waals surface area contributed by atoms with Crippen LogP contribution in [-0.4, -0.2) is 47.7 Å². The van der Waals surface area contributed by atoms with E-state index in [-0.39, 0.29) is 12.5 Å². The van der Waals surface area contributed by atoms with Gasteiger partial charge in [-0.25, -0.2) is 0 Å². The van der Waals surface area contributed by atoms with E-state index in [1.54, 1.807) is 0 Å². The maximum atomic E-state index is 11.9. The van der Waals surface area contributed by atoms with Crippen LogP contribution in [0.5, 0.6) is 0 Å². The Bertz CT molecular complexity index is 225. The zero-order chi connectivity index (χ0) is 12.7. The average molecular weight is 242 g/mol. The Labute approximate surface area is 104 Å². The molecule has 17 heavy (non-hydrogen) atoms. The van der Waals surface area contributed by atoms with Gasteiger partial charge >= 0.3 is 0 Å². The summed E-state index contributed by atoms with van der Waals surface area (Å²) in [6.45, 7) is 5.36. The molecule has 0 aliphatic heterocycles. The Hall–Kier alpha value is -0.610. The van der Waals surface area contributed by atoms with Gasteiger partial charge < -0.3 is 10.4 Å². The summed E-state index contributed by atoms with van der Waals surface area (Å²) in [5, 5.41) is 12.1. The van der Waals surface area contributed by atoms with Crippen LogP contribution in [0.1, 0.15) is 46.0 Å². The monoisotopic (exact) mass is 242 g/mol. The van der Waals surface area contributed by atoms with Crippen LogP contribution in [0.4, 0.5) is 0 Å². The second-order valence-corrected chi connectivity index (χ2v) is 4.86. The third-order valence-electron chi connectivity index (χ3n) is 3.68. The highest BCUT2D eigenvalue weighted by Crippen LogP contribution is 2.24. The van der Waals surface area contributed by atoms with Crippen molar-refractivity contribution in [1.82, 2.24) is 10.2 Å². The second-order valence-electron chi connectivity index (χ2n) is 4.86. The lowest BCUT2D eigenvalue weighted by molar-refractivity contribution is -0.124.